The molecular formula is C19H25FN2O2. The molecule has 0 saturated heterocycles. The summed E-state index contributed by atoms with van der Waals surface area (Å²) < 4.78 is 13.5. The maximum atomic E-state index is 13.5. The van der Waals surface area contributed by atoms with E-state index in [1.54, 1.807) is 18.2 Å². The average molecular weight is 332 g/mol. The Labute approximate surface area is 142 Å². The van der Waals surface area contributed by atoms with Crippen molar-refractivity contribution in [3.63, 3.8) is 0 Å². The first-order valence-corrected chi connectivity index (χ1v) is 8.96. The zero-order chi connectivity index (χ0) is 16.9. The number of nitrogens with one attached hydrogen (secondary N) is 2. The molecule has 4 nitrogen and oxygen atoms in total. The predicted octanol–water partition coefficient (Wildman–Crippen LogP) is 2.57. The van der Waals surface area contributed by atoms with Gasteiger partial charge in [-0.3, -0.25) is 9.59 Å². The Hall–Kier alpha value is -1.91. The summed E-state index contributed by atoms with van der Waals surface area (Å²) in [6.07, 6.45) is 6.80. The zero-order valence-corrected chi connectivity index (χ0v) is 13.9. The van der Waals surface area contributed by atoms with Gasteiger partial charge in [0, 0.05) is 12.6 Å². The van der Waals surface area contributed by atoms with E-state index in [4.69, 9.17) is 0 Å². The predicted molar refractivity (Wildman–Crippen MR) is 89.7 cm³/mol. The van der Waals surface area contributed by atoms with Crippen LogP contribution >= 0.6 is 0 Å². The Morgan fingerprint density at radius 2 is 1.75 bits per heavy atom. The van der Waals surface area contributed by atoms with Crippen molar-refractivity contribution in [1.29, 1.82) is 0 Å². The van der Waals surface area contributed by atoms with Gasteiger partial charge in [-0.15, -0.1) is 0 Å². The molecule has 1 aromatic carbocycles. The van der Waals surface area contributed by atoms with E-state index < -0.39 is 0 Å². The Balaban J connectivity index is 1.37. The highest BCUT2D eigenvalue weighted by Gasteiger charge is 2.48. The molecule has 2 aliphatic rings. The molecule has 24 heavy (non-hydrogen) atoms. The third-order valence-corrected chi connectivity index (χ3v) is 5.07. The van der Waals surface area contributed by atoms with Crippen molar-refractivity contribution in [3.8, 4) is 0 Å². The monoisotopic (exact) mass is 332 g/mol. The Bertz CT molecular complexity index is 599. The molecule has 2 atom stereocenters. The minimum Gasteiger partial charge on any atom is -0.356 e. The lowest BCUT2D eigenvalue weighted by molar-refractivity contribution is -0.127. The summed E-state index contributed by atoms with van der Waals surface area (Å²) in [5, 5.41) is 5.91. The molecule has 1 aromatic rings. The van der Waals surface area contributed by atoms with Gasteiger partial charge in [0.1, 0.15) is 5.82 Å². The second kappa shape index (κ2) is 7.77. The van der Waals surface area contributed by atoms with Gasteiger partial charge in [-0.1, -0.05) is 37.5 Å². The molecule has 2 aliphatic carbocycles. The van der Waals surface area contributed by atoms with E-state index in [2.05, 4.69) is 10.6 Å². The molecular weight excluding hydrogens is 307 g/mol. The van der Waals surface area contributed by atoms with Crippen LogP contribution in [0.5, 0.6) is 0 Å². The summed E-state index contributed by atoms with van der Waals surface area (Å²) in [5.74, 6) is -0.705. The van der Waals surface area contributed by atoms with Crippen LogP contribution in [-0.4, -0.2) is 24.4 Å². The van der Waals surface area contributed by atoms with E-state index in [0.717, 1.165) is 12.8 Å². The topological polar surface area (TPSA) is 58.2 Å². The molecule has 0 spiro atoms. The van der Waals surface area contributed by atoms with Gasteiger partial charge in [0.2, 0.25) is 11.8 Å². The summed E-state index contributed by atoms with van der Waals surface area (Å²) in [7, 11) is 0. The van der Waals surface area contributed by atoms with E-state index in [-0.39, 0.29) is 35.5 Å². The minimum absolute atomic E-state index is 0.0242. The first kappa shape index (κ1) is 16.9. The van der Waals surface area contributed by atoms with Crippen LogP contribution in [0.1, 0.15) is 44.1 Å². The molecule has 0 aliphatic heterocycles. The normalized spacial score (nSPS) is 23.5. The molecule has 0 bridgehead atoms. The smallest absolute Gasteiger partial charge is 0.224 e. The molecule has 5 heteroatoms. The van der Waals surface area contributed by atoms with Crippen LogP contribution < -0.4 is 10.6 Å². The maximum Gasteiger partial charge on any atom is 0.224 e. The Morgan fingerprint density at radius 3 is 2.50 bits per heavy atom. The fraction of sp³-hybridized carbons (Fsp3) is 0.579. The van der Waals surface area contributed by atoms with Crippen LogP contribution in [0.3, 0.4) is 0 Å². The summed E-state index contributed by atoms with van der Waals surface area (Å²) in [5.41, 5.74) is 0.597. The fourth-order valence-electron chi connectivity index (χ4n) is 3.48. The van der Waals surface area contributed by atoms with Gasteiger partial charge < -0.3 is 10.6 Å². The van der Waals surface area contributed by atoms with Crippen molar-refractivity contribution in [3.05, 3.63) is 35.6 Å². The standard InChI is InChI=1S/C19H25FN2O2/c20-17-9-5-4-6-13(17)10-11-21-18(23)15-12-16(15)19(24)22-14-7-2-1-3-8-14/h4-6,9,14-16H,1-3,7-8,10-12H2,(H,21,23)(H,22,24). The summed E-state index contributed by atoms with van der Waals surface area (Å²) in [6.45, 7) is 0.396. The zero-order valence-electron chi connectivity index (χ0n) is 13.9. The number of benzene rings is 1. The van der Waals surface area contributed by atoms with Gasteiger partial charge >= 0.3 is 0 Å². The summed E-state index contributed by atoms with van der Waals surface area (Å²) in [4.78, 5) is 24.3. The maximum absolute atomic E-state index is 13.5. The molecule has 2 unspecified atom stereocenters. The average Bonchev–Trinajstić information content (AvgIpc) is 3.38. The third kappa shape index (κ3) is 4.34. The highest BCUT2D eigenvalue weighted by atomic mass is 19.1. The first-order valence-electron chi connectivity index (χ1n) is 8.96. The number of rotatable bonds is 6. The molecule has 2 saturated carbocycles. The van der Waals surface area contributed by atoms with Gasteiger partial charge in [0.15, 0.2) is 0 Å². The quantitative estimate of drug-likeness (QED) is 0.841. The van der Waals surface area contributed by atoms with Crippen molar-refractivity contribution >= 4 is 11.8 Å². The second-order valence-corrected chi connectivity index (χ2v) is 6.92. The van der Waals surface area contributed by atoms with Crippen LogP contribution in [0, 0.1) is 17.7 Å². The number of carbonyl (C=O) groups is 2. The number of carbonyl (C=O) groups excluding carboxylic acids is 2. The Morgan fingerprint density at radius 1 is 1.04 bits per heavy atom. The van der Waals surface area contributed by atoms with Crippen molar-refractivity contribution < 1.29 is 14.0 Å². The molecule has 3 rings (SSSR count). The fourth-order valence-corrected chi connectivity index (χ4v) is 3.48. The number of hydrogen-bond acceptors (Lipinski definition) is 2. The first-order chi connectivity index (χ1) is 11.6. The molecule has 130 valence electrons. The second-order valence-electron chi connectivity index (χ2n) is 6.92. The van der Waals surface area contributed by atoms with Crippen LogP contribution in [0.2, 0.25) is 0 Å². The van der Waals surface area contributed by atoms with Gasteiger partial charge in [0.05, 0.1) is 11.8 Å². The molecule has 0 radical (unpaired) electrons. The van der Waals surface area contributed by atoms with Crippen LogP contribution in [0.15, 0.2) is 24.3 Å². The van der Waals surface area contributed by atoms with Gasteiger partial charge in [0.25, 0.3) is 0 Å². The van der Waals surface area contributed by atoms with E-state index in [1.165, 1.54) is 25.3 Å². The van der Waals surface area contributed by atoms with Gasteiger partial charge in [-0.05, 0) is 37.3 Å². The lowest BCUT2D eigenvalue weighted by Gasteiger charge is -2.22. The van der Waals surface area contributed by atoms with Gasteiger partial charge in [-0.2, -0.15) is 0 Å². The number of halogens is 1. The van der Waals surface area contributed by atoms with E-state index in [1.807, 2.05) is 0 Å². The van der Waals surface area contributed by atoms with Crippen LogP contribution in [0.25, 0.3) is 0 Å². The summed E-state index contributed by atoms with van der Waals surface area (Å²) >= 11 is 0. The van der Waals surface area contributed by atoms with E-state index in [9.17, 15) is 14.0 Å². The van der Waals surface area contributed by atoms with Crippen LogP contribution in [-0.2, 0) is 16.0 Å². The SMILES string of the molecule is O=C(NCCc1ccccc1F)C1CC1C(=O)NC1CCCCC1. The highest BCUT2D eigenvalue weighted by molar-refractivity contribution is 5.92. The molecule has 2 N–H and O–H groups in total. The van der Waals surface area contributed by atoms with E-state index in [0.29, 0.717) is 24.9 Å². The van der Waals surface area contributed by atoms with Crippen molar-refractivity contribution in [1.82, 2.24) is 10.6 Å². The van der Waals surface area contributed by atoms with Crippen molar-refractivity contribution in [2.24, 2.45) is 11.8 Å². The van der Waals surface area contributed by atoms with Crippen molar-refractivity contribution in [2.45, 2.75) is 51.0 Å². The third-order valence-electron chi connectivity index (χ3n) is 5.07. The molecule has 0 heterocycles. The molecule has 2 fully saturated rings. The minimum atomic E-state index is -0.247. The lowest BCUT2D eigenvalue weighted by atomic mass is 9.95. The summed E-state index contributed by atoms with van der Waals surface area (Å²) in [6, 6.07) is 6.86. The van der Waals surface area contributed by atoms with E-state index >= 15 is 0 Å². The number of hydrogen-bond donors (Lipinski definition) is 2. The van der Waals surface area contributed by atoms with Crippen molar-refractivity contribution in [2.75, 3.05) is 6.54 Å². The lowest BCUT2D eigenvalue weighted by Crippen LogP contribution is -2.38. The molecule has 0 aromatic heterocycles. The largest absolute Gasteiger partial charge is 0.356 e. The Kier molecular flexibility index (Phi) is 5.48. The molecule has 2 amide bonds. The van der Waals surface area contributed by atoms with Gasteiger partial charge in [-0.25, -0.2) is 4.39 Å². The number of amides is 2. The van der Waals surface area contributed by atoms with Crippen LogP contribution in [0.4, 0.5) is 4.39 Å². The highest BCUT2D eigenvalue weighted by Crippen LogP contribution is 2.39.